The van der Waals surface area contributed by atoms with Crippen LogP contribution in [0.5, 0.6) is 0 Å². The van der Waals surface area contributed by atoms with Gasteiger partial charge in [0.2, 0.25) is 0 Å². The lowest BCUT2D eigenvalue weighted by Gasteiger charge is -2.63. The molecule has 4 fully saturated rings. The molecule has 1 aromatic carbocycles. The maximum Gasteiger partial charge on any atom is 0.193 e. The molecule has 0 spiro atoms. The molecule has 1 unspecified atom stereocenters. The van der Waals surface area contributed by atoms with Crippen molar-refractivity contribution in [2.45, 2.75) is 88.6 Å². The topological polar surface area (TPSA) is 72.8 Å². The Morgan fingerprint density at radius 2 is 1.89 bits per heavy atom. The predicted molar refractivity (Wildman–Crippen MR) is 132 cm³/mol. The van der Waals surface area contributed by atoms with E-state index in [0.717, 1.165) is 11.1 Å². The number of Topliss-reactive ketones (excluding diaryl/α,β-unsaturated/α-hetero) is 1. The van der Waals surface area contributed by atoms with Crippen molar-refractivity contribution >= 4 is 23.2 Å². The quantitative estimate of drug-likeness (QED) is 0.571. The molecule has 5 aliphatic rings. The number of carbonyl (C=O) groups is 2. The molecular formula is C29H34ClFO5. The summed E-state index contributed by atoms with van der Waals surface area (Å²) in [5.41, 5.74) is -3.44. The van der Waals surface area contributed by atoms with Crippen LogP contribution >= 0.6 is 11.6 Å². The van der Waals surface area contributed by atoms with E-state index in [4.69, 9.17) is 21.1 Å². The van der Waals surface area contributed by atoms with Gasteiger partial charge in [-0.15, -0.1) is 11.6 Å². The third-order valence-electron chi connectivity index (χ3n) is 10.8. The Bertz CT molecular complexity index is 1160. The molecule has 1 aliphatic heterocycles. The van der Waals surface area contributed by atoms with E-state index in [1.807, 2.05) is 51.1 Å². The van der Waals surface area contributed by atoms with E-state index in [1.165, 1.54) is 0 Å². The summed E-state index contributed by atoms with van der Waals surface area (Å²) in [6, 6.07) is 9.51. The highest BCUT2D eigenvalue weighted by molar-refractivity contribution is 6.29. The first-order valence-corrected chi connectivity index (χ1v) is 13.6. The van der Waals surface area contributed by atoms with E-state index in [0.29, 0.717) is 25.7 Å². The molecule has 0 radical (unpaired) electrons. The number of hydrogen-bond donors (Lipinski definition) is 1. The van der Waals surface area contributed by atoms with E-state index >= 15 is 4.39 Å². The largest absolute Gasteiger partial charge is 0.390 e. The number of benzene rings is 1. The van der Waals surface area contributed by atoms with Gasteiger partial charge in [-0.05, 0) is 51.0 Å². The summed E-state index contributed by atoms with van der Waals surface area (Å²) in [6.45, 7) is 5.65. The molecule has 7 heteroatoms. The zero-order valence-corrected chi connectivity index (χ0v) is 21.8. The van der Waals surface area contributed by atoms with E-state index in [2.05, 4.69) is 0 Å². The van der Waals surface area contributed by atoms with Gasteiger partial charge in [0.15, 0.2) is 23.0 Å². The second-order valence-electron chi connectivity index (χ2n) is 12.2. The first-order chi connectivity index (χ1) is 17.0. The maximum atomic E-state index is 17.5. The minimum Gasteiger partial charge on any atom is -0.390 e. The van der Waals surface area contributed by atoms with Crippen molar-refractivity contribution in [3.8, 4) is 0 Å². The molecule has 9 atom stereocenters. The number of aliphatic hydroxyl groups excluding tert-OH is 1. The standard InChI is InChI=1S/C29H34ClFO5/c1-25-12-11-19(32)13-18(25)9-10-20-21-14-24-29(23(34)16-30,26(21,2)15-22(33)28(20,25)31)36-27(3,35-24)17-7-5-4-6-8-17/h4-8,13,20-22,24,33H,9-12,14-16H2,1-3H3/t20-,21-,22-,24+,25-,26-,27?,28-,29+/m0/s1. The molecule has 0 amide bonds. The van der Waals surface area contributed by atoms with Gasteiger partial charge in [-0.3, -0.25) is 9.59 Å². The summed E-state index contributed by atoms with van der Waals surface area (Å²) in [6.07, 6.45) is 2.02. The molecule has 3 saturated carbocycles. The molecule has 1 heterocycles. The van der Waals surface area contributed by atoms with Crippen molar-refractivity contribution in [2.24, 2.45) is 22.7 Å². The molecule has 1 saturated heterocycles. The van der Waals surface area contributed by atoms with Crippen LogP contribution in [0, 0.1) is 22.7 Å². The van der Waals surface area contributed by atoms with Crippen LogP contribution in [0.4, 0.5) is 4.39 Å². The Balaban J connectivity index is 1.45. The van der Waals surface area contributed by atoms with Crippen LogP contribution in [0.15, 0.2) is 42.0 Å². The first kappa shape index (κ1) is 24.7. The molecular weight excluding hydrogens is 483 g/mol. The lowest BCUT2D eigenvalue weighted by Crippen LogP contribution is -2.70. The fourth-order valence-corrected chi connectivity index (χ4v) is 9.18. The van der Waals surface area contributed by atoms with Crippen molar-refractivity contribution in [3.05, 3.63) is 47.5 Å². The first-order valence-electron chi connectivity index (χ1n) is 13.1. The number of ketones is 2. The Morgan fingerprint density at radius 3 is 2.58 bits per heavy atom. The number of aliphatic hydroxyl groups is 1. The van der Waals surface area contributed by atoms with Crippen LogP contribution in [0.25, 0.3) is 0 Å². The molecule has 6 rings (SSSR count). The Kier molecular flexibility index (Phi) is 5.30. The van der Waals surface area contributed by atoms with Gasteiger partial charge in [0.25, 0.3) is 0 Å². The van der Waals surface area contributed by atoms with Crippen molar-refractivity contribution in [2.75, 3.05) is 5.88 Å². The van der Waals surface area contributed by atoms with E-state index < -0.39 is 46.0 Å². The van der Waals surface area contributed by atoms with Crippen LogP contribution < -0.4 is 0 Å². The van der Waals surface area contributed by atoms with E-state index in [1.54, 1.807) is 6.08 Å². The van der Waals surface area contributed by atoms with Crippen molar-refractivity contribution < 1.29 is 28.6 Å². The van der Waals surface area contributed by atoms with Crippen LogP contribution in [-0.2, 0) is 24.8 Å². The van der Waals surface area contributed by atoms with Crippen LogP contribution in [-0.4, -0.2) is 46.0 Å². The van der Waals surface area contributed by atoms with Gasteiger partial charge in [-0.25, -0.2) is 4.39 Å². The predicted octanol–water partition coefficient (Wildman–Crippen LogP) is 5.03. The Morgan fingerprint density at radius 1 is 1.17 bits per heavy atom. The van der Waals surface area contributed by atoms with Crippen LogP contribution in [0.1, 0.15) is 64.9 Å². The van der Waals surface area contributed by atoms with Gasteiger partial charge in [0.1, 0.15) is 5.67 Å². The van der Waals surface area contributed by atoms with Crippen molar-refractivity contribution in [3.63, 3.8) is 0 Å². The minimum atomic E-state index is -1.89. The molecule has 4 aliphatic carbocycles. The number of allylic oxidation sites excluding steroid dienone is 1. The molecule has 0 bridgehead atoms. The molecule has 36 heavy (non-hydrogen) atoms. The van der Waals surface area contributed by atoms with Gasteiger partial charge in [0.05, 0.1) is 18.1 Å². The average Bonchev–Trinajstić information content (AvgIpc) is 3.29. The molecule has 1 N–H and O–H groups in total. The highest BCUT2D eigenvalue weighted by atomic mass is 35.5. The van der Waals surface area contributed by atoms with Gasteiger partial charge >= 0.3 is 0 Å². The zero-order chi connectivity index (χ0) is 25.7. The summed E-state index contributed by atoms with van der Waals surface area (Å²) in [5.74, 6) is -2.37. The summed E-state index contributed by atoms with van der Waals surface area (Å²) in [5, 5.41) is 11.7. The summed E-state index contributed by atoms with van der Waals surface area (Å²) < 4.78 is 30.8. The fourth-order valence-electron chi connectivity index (χ4n) is 8.98. The van der Waals surface area contributed by atoms with Crippen LogP contribution in [0.2, 0.25) is 0 Å². The number of alkyl halides is 2. The number of rotatable bonds is 3. The fraction of sp³-hybridized carbons (Fsp3) is 0.655. The summed E-state index contributed by atoms with van der Waals surface area (Å²) >= 11 is 6.19. The number of fused-ring (bicyclic) bond motifs is 7. The van der Waals surface area contributed by atoms with Gasteiger partial charge in [-0.2, -0.15) is 0 Å². The van der Waals surface area contributed by atoms with Gasteiger partial charge < -0.3 is 14.6 Å². The highest BCUT2D eigenvalue weighted by Gasteiger charge is 2.80. The lowest BCUT2D eigenvalue weighted by atomic mass is 9.44. The van der Waals surface area contributed by atoms with Crippen molar-refractivity contribution in [1.29, 1.82) is 0 Å². The number of halogens is 2. The van der Waals surface area contributed by atoms with Crippen molar-refractivity contribution in [1.82, 2.24) is 0 Å². The SMILES string of the molecule is CC1(c2ccccc2)O[C@@H]2C[C@H]3[C@@H]4CCC5=CC(=O)CC[C@]5(C)[C@@]4(F)[C@@H](O)C[C@]3(C)[C@]2(C(=O)CCl)O1. The monoisotopic (exact) mass is 516 g/mol. The second kappa shape index (κ2) is 7.72. The maximum absolute atomic E-state index is 17.5. The van der Waals surface area contributed by atoms with Gasteiger partial charge in [0, 0.05) is 28.7 Å². The van der Waals surface area contributed by atoms with Gasteiger partial charge in [-0.1, -0.05) is 49.8 Å². The summed E-state index contributed by atoms with van der Waals surface area (Å²) in [7, 11) is 0. The Labute approximate surface area is 216 Å². The summed E-state index contributed by atoms with van der Waals surface area (Å²) in [4.78, 5) is 25.9. The second-order valence-corrected chi connectivity index (χ2v) is 12.4. The normalized spacial score (nSPS) is 49.5. The lowest BCUT2D eigenvalue weighted by molar-refractivity contribution is -0.257. The molecule has 1 aromatic rings. The molecule has 194 valence electrons. The Hall–Kier alpha value is -1.60. The third kappa shape index (κ3) is 2.77. The molecule has 0 aromatic heterocycles. The average molecular weight is 517 g/mol. The minimum absolute atomic E-state index is 0.0312. The van der Waals surface area contributed by atoms with E-state index in [9.17, 15) is 14.7 Å². The highest BCUT2D eigenvalue weighted by Crippen LogP contribution is 2.73. The number of hydrogen-bond acceptors (Lipinski definition) is 5. The molecule has 5 nitrogen and oxygen atoms in total. The van der Waals surface area contributed by atoms with Crippen LogP contribution in [0.3, 0.4) is 0 Å². The zero-order valence-electron chi connectivity index (χ0n) is 21.1. The third-order valence-corrected chi connectivity index (χ3v) is 11.0. The number of ether oxygens (including phenoxy) is 2. The number of carbonyl (C=O) groups excluding carboxylic acids is 2. The van der Waals surface area contributed by atoms with E-state index in [-0.39, 0.29) is 36.2 Å². The smallest absolute Gasteiger partial charge is 0.193 e.